The lowest BCUT2D eigenvalue weighted by Crippen LogP contribution is -2.46. The SMILES string of the molecule is COc1ccccc1C1SCC(=O)N1NC(=O)Cn1cnc2c1c(=O)n(C)c(=O)n2C. The molecule has 1 unspecified atom stereocenters. The molecule has 2 amide bonds. The average Bonchev–Trinajstić information content (AvgIpc) is 3.34. The average molecular weight is 444 g/mol. The number of imidazole rings is 1. The molecule has 0 bridgehead atoms. The van der Waals surface area contributed by atoms with E-state index >= 15 is 0 Å². The van der Waals surface area contributed by atoms with E-state index in [9.17, 15) is 19.2 Å². The number of thioether (sulfide) groups is 1. The van der Waals surface area contributed by atoms with E-state index in [-0.39, 0.29) is 29.4 Å². The summed E-state index contributed by atoms with van der Waals surface area (Å²) in [5.74, 6) is 0.0626. The summed E-state index contributed by atoms with van der Waals surface area (Å²) in [4.78, 5) is 53.9. The van der Waals surface area contributed by atoms with E-state index in [1.165, 1.54) is 46.3 Å². The van der Waals surface area contributed by atoms with Crippen molar-refractivity contribution in [2.45, 2.75) is 11.9 Å². The van der Waals surface area contributed by atoms with Crippen LogP contribution in [0.15, 0.2) is 40.2 Å². The second-order valence-electron chi connectivity index (χ2n) is 6.95. The molecule has 1 N–H and O–H groups in total. The predicted octanol–water partition coefficient (Wildman–Crippen LogP) is -0.252. The third-order valence-electron chi connectivity index (χ3n) is 5.05. The summed E-state index contributed by atoms with van der Waals surface area (Å²) in [6.07, 6.45) is 1.32. The minimum Gasteiger partial charge on any atom is -0.496 e. The van der Waals surface area contributed by atoms with Crippen LogP contribution < -0.4 is 21.4 Å². The number of nitrogens with one attached hydrogen (secondary N) is 1. The maximum Gasteiger partial charge on any atom is 0.332 e. The summed E-state index contributed by atoms with van der Waals surface area (Å²) in [6, 6.07) is 7.28. The number of hydrazine groups is 1. The van der Waals surface area contributed by atoms with Gasteiger partial charge < -0.3 is 9.30 Å². The topological polar surface area (TPSA) is 120 Å². The lowest BCUT2D eigenvalue weighted by atomic mass is 10.2. The number of methoxy groups -OCH3 is 1. The van der Waals surface area contributed by atoms with Gasteiger partial charge in [0.15, 0.2) is 11.2 Å². The summed E-state index contributed by atoms with van der Waals surface area (Å²) in [5, 5.41) is 0.832. The van der Waals surface area contributed by atoms with Crippen LogP contribution in [0.4, 0.5) is 0 Å². The van der Waals surface area contributed by atoms with Gasteiger partial charge in [-0.2, -0.15) is 0 Å². The zero-order valence-corrected chi connectivity index (χ0v) is 17.9. The van der Waals surface area contributed by atoms with Crippen molar-refractivity contribution >= 4 is 34.7 Å². The number of nitrogens with zero attached hydrogens (tertiary/aromatic N) is 5. The standard InChI is InChI=1S/C19H20N6O5S/c1-22-16-15(17(28)23(2)19(22)29)24(10-20-16)8-13(26)21-25-14(27)9-31-18(25)11-6-4-5-7-12(11)30-3/h4-7,10,18H,8-9H2,1-3H3,(H,21,26). The van der Waals surface area contributed by atoms with Crippen molar-refractivity contribution in [3.05, 3.63) is 57.0 Å². The molecule has 0 spiro atoms. The number of aromatic nitrogens is 4. The molecule has 4 rings (SSSR count). The highest BCUT2D eigenvalue weighted by Crippen LogP contribution is 2.41. The van der Waals surface area contributed by atoms with Crippen molar-refractivity contribution in [3.63, 3.8) is 0 Å². The molecule has 3 heterocycles. The molecule has 0 radical (unpaired) electrons. The fraction of sp³-hybridized carbons (Fsp3) is 0.316. The molecule has 1 atom stereocenters. The van der Waals surface area contributed by atoms with Gasteiger partial charge in [0.25, 0.3) is 17.4 Å². The van der Waals surface area contributed by atoms with Crippen LogP contribution in [-0.2, 0) is 30.2 Å². The van der Waals surface area contributed by atoms with Crippen molar-refractivity contribution in [1.29, 1.82) is 0 Å². The maximum atomic E-state index is 12.8. The maximum absolute atomic E-state index is 12.8. The number of carbonyl (C=O) groups excluding carboxylic acids is 2. The fourth-order valence-corrected chi connectivity index (χ4v) is 4.62. The quantitative estimate of drug-likeness (QED) is 0.576. The van der Waals surface area contributed by atoms with Crippen LogP contribution in [0.1, 0.15) is 10.9 Å². The molecule has 0 saturated carbocycles. The number of amides is 2. The Morgan fingerprint density at radius 1 is 1.23 bits per heavy atom. The molecule has 12 heteroatoms. The summed E-state index contributed by atoms with van der Waals surface area (Å²) in [5.41, 5.74) is 2.64. The number of rotatable bonds is 5. The molecule has 1 aromatic carbocycles. The Hall–Kier alpha value is -3.54. The molecular formula is C19H20N6O5S. The number of hydrogen-bond donors (Lipinski definition) is 1. The Morgan fingerprint density at radius 3 is 2.71 bits per heavy atom. The summed E-state index contributed by atoms with van der Waals surface area (Å²) < 4.78 is 8.94. The molecule has 2 aromatic heterocycles. The van der Waals surface area contributed by atoms with Crippen molar-refractivity contribution in [3.8, 4) is 5.75 Å². The number of ether oxygens (including phenoxy) is 1. The lowest BCUT2D eigenvalue weighted by molar-refractivity contribution is -0.139. The predicted molar refractivity (Wildman–Crippen MR) is 113 cm³/mol. The number of hydrogen-bond acceptors (Lipinski definition) is 7. The second-order valence-corrected chi connectivity index (χ2v) is 8.02. The Bertz CT molecular complexity index is 1310. The summed E-state index contributed by atoms with van der Waals surface area (Å²) in [6.45, 7) is -0.253. The van der Waals surface area contributed by atoms with Crippen molar-refractivity contribution in [2.24, 2.45) is 14.1 Å². The first-order valence-electron chi connectivity index (χ1n) is 9.30. The molecule has 1 saturated heterocycles. The Balaban J connectivity index is 1.61. The first-order valence-corrected chi connectivity index (χ1v) is 10.3. The zero-order chi connectivity index (χ0) is 22.3. The first kappa shape index (κ1) is 20.7. The van der Waals surface area contributed by atoms with Gasteiger partial charge in [0.05, 0.1) is 19.2 Å². The van der Waals surface area contributed by atoms with E-state index in [4.69, 9.17) is 4.74 Å². The van der Waals surface area contributed by atoms with Crippen LogP contribution in [0.2, 0.25) is 0 Å². The largest absolute Gasteiger partial charge is 0.496 e. The van der Waals surface area contributed by atoms with Gasteiger partial charge in [-0.3, -0.25) is 28.9 Å². The van der Waals surface area contributed by atoms with Crippen LogP contribution in [0.25, 0.3) is 11.2 Å². The smallest absolute Gasteiger partial charge is 0.332 e. The van der Waals surface area contributed by atoms with E-state index < -0.39 is 22.5 Å². The fourth-order valence-electron chi connectivity index (χ4n) is 3.49. The molecule has 162 valence electrons. The van der Waals surface area contributed by atoms with Gasteiger partial charge in [-0.25, -0.2) is 14.8 Å². The highest BCUT2D eigenvalue weighted by molar-refractivity contribution is 8.00. The number of carbonyl (C=O) groups is 2. The number of fused-ring (bicyclic) bond motifs is 1. The highest BCUT2D eigenvalue weighted by atomic mass is 32.2. The Labute approximate surface area is 180 Å². The van der Waals surface area contributed by atoms with Gasteiger partial charge in [0.2, 0.25) is 0 Å². The van der Waals surface area contributed by atoms with Crippen LogP contribution in [0.5, 0.6) is 5.75 Å². The first-order chi connectivity index (χ1) is 14.8. The van der Waals surface area contributed by atoms with Gasteiger partial charge in [0, 0.05) is 19.7 Å². The van der Waals surface area contributed by atoms with E-state index in [1.54, 1.807) is 13.2 Å². The Morgan fingerprint density at radius 2 is 1.97 bits per heavy atom. The molecule has 3 aromatic rings. The molecule has 0 aliphatic carbocycles. The van der Waals surface area contributed by atoms with Gasteiger partial charge >= 0.3 is 5.69 Å². The van der Waals surface area contributed by atoms with Crippen LogP contribution in [-0.4, -0.2) is 48.4 Å². The number of aryl methyl sites for hydroxylation is 1. The van der Waals surface area contributed by atoms with Crippen molar-refractivity contribution < 1.29 is 14.3 Å². The highest BCUT2D eigenvalue weighted by Gasteiger charge is 2.36. The van der Waals surface area contributed by atoms with Gasteiger partial charge in [-0.15, -0.1) is 11.8 Å². The molecule has 1 aliphatic rings. The monoisotopic (exact) mass is 444 g/mol. The van der Waals surface area contributed by atoms with Crippen molar-refractivity contribution in [2.75, 3.05) is 12.9 Å². The number of para-hydroxylation sites is 1. The number of benzene rings is 1. The molecular weight excluding hydrogens is 424 g/mol. The third kappa shape index (κ3) is 3.48. The Kier molecular flexibility index (Phi) is 5.31. The van der Waals surface area contributed by atoms with Gasteiger partial charge in [-0.05, 0) is 6.07 Å². The zero-order valence-electron chi connectivity index (χ0n) is 17.1. The van der Waals surface area contributed by atoms with E-state index in [0.717, 1.165) is 10.1 Å². The summed E-state index contributed by atoms with van der Waals surface area (Å²) >= 11 is 1.37. The summed E-state index contributed by atoms with van der Waals surface area (Å²) in [7, 11) is 4.40. The van der Waals surface area contributed by atoms with Gasteiger partial charge in [0.1, 0.15) is 17.7 Å². The van der Waals surface area contributed by atoms with Crippen LogP contribution in [0.3, 0.4) is 0 Å². The minimum atomic E-state index is -0.553. The van der Waals surface area contributed by atoms with E-state index in [1.807, 2.05) is 18.2 Å². The minimum absolute atomic E-state index is 0.128. The van der Waals surface area contributed by atoms with Crippen LogP contribution in [0, 0.1) is 0 Å². The molecule has 11 nitrogen and oxygen atoms in total. The molecule has 31 heavy (non-hydrogen) atoms. The van der Waals surface area contributed by atoms with Crippen molar-refractivity contribution in [1.82, 2.24) is 29.1 Å². The van der Waals surface area contributed by atoms with Gasteiger partial charge in [-0.1, -0.05) is 18.2 Å². The normalized spacial score (nSPS) is 16.2. The van der Waals surface area contributed by atoms with Crippen LogP contribution >= 0.6 is 11.8 Å². The molecule has 1 aliphatic heterocycles. The third-order valence-corrected chi connectivity index (χ3v) is 6.24. The lowest BCUT2D eigenvalue weighted by Gasteiger charge is -2.25. The van der Waals surface area contributed by atoms with E-state index in [0.29, 0.717) is 5.75 Å². The van der Waals surface area contributed by atoms with E-state index in [2.05, 4.69) is 10.4 Å². The molecule has 1 fully saturated rings. The second kappa shape index (κ2) is 7.95.